The average Bonchev–Trinajstić information content (AvgIpc) is 3.26. The zero-order valence-electron chi connectivity index (χ0n) is 17.4. The van der Waals surface area contributed by atoms with Crippen LogP contribution in [-0.4, -0.2) is 44.8 Å². The fourth-order valence-electron chi connectivity index (χ4n) is 4.42. The molecule has 4 heterocycles. The van der Waals surface area contributed by atoms with Crippen molar-refractivity contribution in [2.75, 3.05) is 11.9 Å². The highest BCUT2D eigenvalue weighted by Gasteiger charge is 2.32. The maximum absolute atomic E-state index is 11.9. The Bertz CT molecular complexity index is 1310. The molecule has 3 aromatic rings. The fraction of sp³-hybridized carbons (Fsp3) is 0.348. The zero-order chi connectivity index (χ0) is 22.0. The van der Waals surface area contributed by atoms with Crippen molar-refractivity contribution in [2.45, 2.75) is 38.3 Å². The lowest BCUT2D eigenvalue weighted by Crippen LogP contribution is -2.26. The van der Waals surface area contributed by atoms with Gasteiger partial charge in [-0.2, -0.15) is 0 Å². The molecule has 2 unspecified atom stereocenters. The molecule has 2 N–H and O–H groups in total. The summed E-state index contributed by atoms with van der Waals surface area (Å²) in [6.07, 6.45) is 4.25. The molecule has 2 aliphatic heterocycles. The maximum atomic E-state index is 11.9. The summed E-state index contributed by atoms with van der Waals surface area (Å²) in [5.41, 5.74) is 3.85. The smallest absolute Gasteiger partial charge is 0.296 e. The van der Waals surface area contributed by atoms with Gasteiger partial charge in [-0.1, -0.05) is 6.07 Å². The third kappa shape index (κ3) is 3.04. The first kappa shape index (κ1) is 19.0. The second-order valence-corrected chi connectivity index (χ2v) is 8.70. The van der Waals surface area contributed by atoms with E-state index in [-0.39, 0.29) is 17.9 Å². The SMILES string of the molecule is CC(Oc1nc(-c2ccc3c(c2)NC(=O)C3=O)cc2ncn(C3CC3)c12)C1CNC(=O)C1. The largest absolute Gasteiger partial charge is 0.473 e. The van der Waals surface area contributed by atoms with Gasteiger partial charge in [-0.15, -0.1) is 0 Å². The van der Waals surface area contributed by atoms with Crippen molar-refractivity contribution in [3.8, 4) is 17.1 Å². The first-order valence-corrected chi connectivity index (χ1v) is 10.8. The zero-order valence-corrected chi connectivity index (χ0v) is 17.4. The molecule has 9 heteroatoms. The fourth-order valence-corrected chi connectivity index (χ4v) is 4.42. The summed E-state index contributed by atoms with van der Waals surface area (Å²) >= 11 is 0. The molecule has 162 valence electrons. The van der Waals surface area contributed by atoms with E-state index in [2.05, 4.69) is 20.2 Å². The van der Waals surface area contributed by atoms with Crippen molar-refractivity contribution in [3.63, 3.8) is 0 Å². The molecule has 9 nitrogen and oxygen atoms in total. The second kappa shape index (κ2) is 6.88. The number of amides is 2. The van der Waals surface area contributed by atoms with Gasteiger partial charge >= 0.3 is 0 Å². The number of hydrogen-bond donors (Lipinski definition) is 2. The van der Waals surface area contributed by atoms with Gasteiger partial charge in [0.2, 0.25) is 11.8 Å². The highest BCUT2D eigenvalue weighted by molar-refractivity contribution is 6.51. The minimum atomic E-state index is -0.624. The Balaban J connectivity index is 1.42. The number of nitrogens with zero attached hydrogens (tertiary/aromatic N) is 3. The Morgan fingerprint density at radius 2 is 2.03 bits per heavy atom. The van der Waals surface area contributed by atoms with Gasteiger partial charge in [0.05, 0.1) is 28.8 Å². The van der Waals surface area contributed by atoms with Crippen molar-refractivity contribution in [2.24, 2.45) is 5.92 Å². The summed E-state index contributed by atoms with van der Waals surface area (Å²) in [6, 6.07) is 7.46. The molecular formula is C23H21N5O4. The van der Waals surface area contributed by atoms with Gasteiger partial charge in [-0.3, -0.25) is 14.4 Å². The van der Waals surface area contributed by atoms with E-state index in [1.54, 1.807) is 18.2 Å². The first-order chi connectivity index (χ1) is 15.5. The number of carbonyl (C=O) groups is 3. The molecule has 1 saturated heterocycles. The topological polar surface area (TPSA) is 115 Å². The number of aromatic nitrogens is 3. The van der Waals surface area contributed by atoms with E-state index in [1.165, 1.54) is 0 Å². The summed E-state index contributed by atoms with van der Waals surface area (Å²) in [5.74, 6) is -0.567. The van der Waals surface area contributed by atoms with Crippen LogP contribution in [0.3, 0.4) is 0 Å². The number of pyridine rings is 1. The van der Waals surface area contributed by atoms with Crippen LogP contribution in [0.2, 0.25) is 0 Å². The van der Waals surface area contributed by atoms with Gasteiger partial charge in [-0.05, 0) is 38.0 Å². The highest BCUT2D eigenvalue weighted by atomic mass is 16.5. The van der Waals surface area contributed by atoms with Crippen LogP contribution in [0.15, 0.2) is 30.6 Å². The van der Waals surface area contributed by atoms with Crippen molar-refractivity contribution in [1.82, 2.24) is 19.9 Å². The number of nitrogens with one attached hydrogen (secondary N) is 2. The van der Waals surface area contributed by atoms with Gasteiger partial charge in [0.25, 0.3) is 11.7 Å². The number of anilines is 1. The number of benzene rings is 1. The minimum absolute atomic E-state index is 0.0371. The normalized spacial score (nSPS) is 20.9. The summed E-state index contributed by atoms with van der Waals surface area (Å²) < 4.78 is 8.46. The lowest BCUT2D eigenvalue weighted by molar-refractivity contribution is -0.119. The predicted molar refractivity (Wildman–Crippen MR) is 115 cm³/mol. The van der Waals surface area contributed by atoms with Crippen LogP contribution < -0.4 is 15.4 Å². The van der Waals surface area contributed by atoms with Crippen LogP contribution in [-0.2, 0) is 9.59 Å². The lowest BCUT2D eigenvalue weighted by atomic mass is 10.0. The number of Topliss-reactive ketones (excluding diaryl/α,β-unsaturated/α-hetero) is 1. The number of imidazole rings is 1. The molecule has 32 heavy (non-hydrogen) atoms. The van der Waals surface area contributed by atoms with Gasteiger partial charge in [0, 0.05) is 30.5 Å². The van der Waals surface area contributed by atoms with E-state index >= 15 is 0 Å². The van der Waals surface area contributed by atoms with Gasteiger partial charge in [0.15, 0.2) is 0 Å². The van der Waals surface area contributed by atoms with Crippen LogP contribution in [0.5, 0.6) is 5.88 Å². The van der Waals surface area contributed by atoms with Crippen LogP contribution in [0, 0.1) is 5.92 Å². The van der Waals surface area contributed by atoms with Crippen LogP contribution in [0.25, 0.3) is 22.3 Å². The second-order valence-electron chi connectivity index (χ2n) is 8.70. The molecule has 1 aliphatic carbocycles. The highest BCUT2D eigenvalue weighted by Crippen LogP contribution is 2.41. The van der Waals surface area contributed by atoms with E-state index < -0.39 is 11.7 Å². The van der Waals surface area contributed by atoms with E-state index in [9.17, 15) is 14.4 Å². The van der Waals surface area contributed by atoms with E-state index in [1.807, 2.05) is 19.3 Å². The third-order valence-electron chi connectivity index (χ3n) is 6.45. The van der Waals surface area contributed by atoms with E-state index in [0.717, 1.165) is 29.4 Å². The molecule has 0 spiro atoms. The lowest BCUT2D eigenvalue weighted by Gasteiger charge is -2.20. The Morgan fingerprint density at radius 3 is 2.78 bits per heavy atom. The molecule has 1 aromatic carbocycles. The Morgan fingerprint density at radius 1 is 1.19 bits per heavy atom. The number of rotatable bonds is 5. The van der Waals surface area contributed by atoms with Crippen molar-refractivity contribution in [3.05, 3.63) is 36.2 Å². The van der Waals surface area contributed by atoms with Crippen molar-refractivity contribution < 1.29 is 19.1 Å². The van der Waals surface area contributed by atoms with Crippen LogP contribution >= 0.6 is 0 Å². The summed E-state index contributed by atoms with van der Waals surface area (Å²) in [4.78, 5) is 44.7. The number of ether oxygens (including phenoxy) is 1. The third-order valence-corrected chi connectivity index (χ3v) is 6.45. The minimum Gasteiger partial charge on any atom is -0.473 e. The number of hydrogen-bond acceptors (Lipinski definition) is 6. The monoisotopic (exact) mass is 431 g/mol. The van der Waals surface area contributed by atoms with Crippen LogP contribution in [0.4, 0.5) is 5.69 Å². The number of ketones is 1. The molecule has 0 bridgehead atoms. The molecule has 2 atom stereocenters. The van der Waals surface area contributed by atoms with E-state index in [4.69, 9.17) is 9.72 Å². The average molecular weight is 431 g/mol. The van der Waals surface area contributed by atoms with Crippen molar-refractivity contribution in [1.29, 1.82) is 0 Å². The Labute approximate surface area is 183 Å². The molecule has 2 fully saturated rings. The van der Waals surface area contributed by atoms with E-state index in [0.29, 0.717) is 41.8 Å². The first-order valence-electron chi connectivity index (χ1n) is 10.8. The Hall–Kier alpha value is -3.75. The predicted octanol–water partition coefficient (Wildman–Crippen LogP) is 2.47. The Kier molecular flexibility index (Phi) is 4.08. The van der Waals surface area contributed by atoms with Crippen molar-refractivity contribution >= 4 is 34.3 Å². The number of carbonyl (C=O) groups excluding carboxylic acids is 3. The summed E-state index contributed by atoms with van der Waals surface area (Å²) in [7, 11) is 0. The summed E-state index contributed by atoms with van der Waals surface area (Å²) in [5, 5.41) is 5.46. The molecule has 2 aromatic heterocycles. The van der Waals surface area contributed by atoms with Gasteiger partial charge in [-0.25, -0.2) is 9.97 Å². The van der Waals surface area contributed by atoms with Gasteiger partial charge in [0.1, 0.15) is 11.6 Å². The standard InChI is InChI=1S/C23H21N5O4/c1-11(13-7-19(29)24-9-13)32-23-20-18(25-10-28(20)14-3-4-14)8-16(27-23)12-2-5-15-17(6-12)26-22(31)21(15)30/h2,5-6,8,10-11,13-14H,3-4,7,9H2,1H3,(H,24,29)(H,26,30,31). The number of fused-ring (bicyclic) bond motifs is 2. The molecule has 3 aliphatic rings. The molecule has 2 amide bonds. The molecule has 1 saturated carbocycles. The van der Waals surface area contributed by atoms with Gasteiger partial charge < -0.3 is 19.9 Å². The quantitative estimate of drug-likeness (QED) is 0.600. The molecule has 6 rings (SSSR count). The molecule has 0 radical (unpaired) electrons. The maximum Gasteiger partial charge on any atom is 0.296 e. The molecular weight excluding hydrogens is 410 g/mol. The summed E-state index contributed by atoms with van der Waals surface area (Å²) in [6.45, 7) is 2.54. The van der Waals surface area contributed by atoms with Crippen LogP contribution in [0.1, 0.15) is 42.6 Å².